The lowest BCUT2D eigenvalue weighted by molar-refractivity contribution is 0.0917. The normalized spacial score (nSPS) is 19.5. The average Bonchev–Trinajstić information content (AvgIpc) is 3.18. The van der Waals surface area contributed by atoms with Gasteiger partial charge in [0.15, 0.2) is 10.9 Å². The number of hydrogen-bond acceptors (Lipinski definition) is 5. The Morgan fingerprint density at radius 3 is 2.75 bits per heavy atom. The van der Waals surface area contributed by atoms with Crippen LogP contribution < -0.4 is 4.74 Å². The molecule has 1 aliphatic rings. The third kappa shape index (κ3) is 4.00. The van der Waals surface area contributed by atoms with Crippen LogP contribution in [0.15, 0.2) is 43.0 Å². The molecule has 0 saturated heterocycles. The van der Waals surface area contributed by atoms with Gasteiger partial charge in [-0.25, -0.2) is 19.0 Å². The lowest BCUT2D eigenvalue weighted by Crippen LogP contribution is -2.22. The van der Waals surface area contributed by atoms with E-state index in [2.05, 4.69) is 15.1 Å². The lowest BCUT2D eigenvalue weighted by Gasteiger charge is -2.25. The van der Waals surface area contributed by atoms with Gasteiger partial charge in [0.25, 0.3) is 0 Å². The Hall–Kier alpha value is -2.51. The molecule has 0 radical (unpaired) electrons. The van der Waals surface area contributed by atoms with E-state index in [-0.39, 0.29) is 17.1 Å². The Morgan fingerprint density at radius 1 is 1.18 bits per heavy atom. The fourth-order valence-electron chi connectivity index (χ4n) is 3.41. The van der Waals surface area contributed by atoms with Gasteiger partial charge >= 0.3 is 0 Å². The number of para-hydroxylation sites is 1. The first kappa shape index (κ1) is 18.8. The van der Waals surface area contributed by atoms with Crippen LogP contribution in [-0.2, 0) is 0 Å². The van der Waals surface area contributed by atoms with Gasteiger partial charge in [-0.1, -0.05) is 23.7 Å². The molecule has 1 saturated carbocycles. The van der Waals surface area contributed by atoms with Crippen LogP contribution in [0.4, 0.5) is 4.39 Å². The van der Waals surface area contributed by atoms with E-state index >= 15 is 0 Å². The number of hydrogen-bond donors (Lipinski definition) is 1. The molecule has 4 rings (SSSR count). The van der Waals surface area contributed by atoms with Gasteiger partial charge < -0.3 is 9.84 Å². The predicted octanol–water partition coefficient (Wildman–Crippen LogP) is 4.05. The molecule has 1 fully saturated rings. The summed E-state index contributed by atoms with van der Waals surface area (Å²) < 4.78 is 21.5. The molecule has 28 heavy (non-hydrogen) atoms. The number of aliphatic hydroxyl groups is 1. The summed E-state index contributed by atoms with van der Waals surface area (Å²) in [7, 11) is 0. The van der Waals surface area contributed by atoms with Crippen molar-refractivity contribution < 1.29 is 14.2 Å². The van der Waals surface area contributed by atoms with Crippen molar-refractivity contribution in [3.63, 3.8) is 0 Å². The molecule has 2 heterocycles. The summed E-state index contributed by atoms with van der Waals surface area (Å²) in [5, 5.41) is 14.1. The number of nitrogens with zero attached hydrogens (tertiary/aromatic N) is 4. The minimum atomic E-state index is -0.367. The average molecular weight is 403 g/mol. The highest BCUT2D eigenvalue weighted by molar-refractivity contribution is 6.31. The standard InChI is InChI=1S/C20H20ClFN4O2/c21-20-19(28-11-13-5-7-15(27)8-6-13)18(23-12-24-20)14-9-25-26(10-14)17-4-2-1-3-16(17)22/h1-4,9-10,12-13,15,27H,5-8,11H2. The smallest absolute Gasteiger partial charge is 0.183 e. The van der Waals surface area contributed by atoms with Crippen molar-refractivity contribution in [2.45, 2.75) is 31.8 Å². The van der Waals surface area contributed by atoms with E-state index in [1.807, 2.05) is 0 Å². The molecule has 0 bridgehead atoms. The van der Waals surface area contributed by atoms with E-state index in [0.29, 0.717) is 35.2 Å². The zero-order valence-electron chi connectivity index (χ0n) is 15.1. The van der Waals surface area contributed by atoms with Crippen molar-refractivity contribution in [2.24, 2.45) is 5.92 Å². The van der Waals surface area contributed by atoms with Gasteiger partial charge in [-0.3, -0.25) is 0 Å². The summed E-state index contributed by atoms with van der Waals surface area (Å²) in [6.45, 7) is 0.480. The van der Waals surface area contributed by atoms with Gasteiger partial charge in [-0.15, -0.1) is 0 Å². The van der Waals surface area contributed by atoms with Gasteiger partial charge in [0.2, 0.25) is 0 Å². The van der Waals surface area contributed by atoms with E-state index in [0.717, 1.165) is 25.7 Å². The second-order valence-corrected chi connectivity index (χ2v) is 7.31. The Morgan fingerprint density at radius 2 is 1.96 bits per heavy atom. The largest absolute Gasteiger partial charge is 0.488 e. The molecule has 3 aromatic rings. The number of ether oxygens (including phenoxy) is 1. The zero-order valence-corrected chi connectivity index (χ0v) is 15.9. The van der Waals surface area contributed by atoms with Gasteiger partial charge in [0.05, 0.1) is 18.9 Å². The number of halogens is 2. The minimum absolute atomic E-state index is 0.209. The number of aliphatic hydroxyl groups excluding tert-OH is 1. The van der Waals surface area contributed by atoms with Gasteiger partial charge in [-0.05, 0) is 43.7 Å². The molecule has 1 N–H and O–H groups in total. The molecule has 1 aromatic carbocycles. The van der Waals surface area contributed by atoms with Crippen LogP contribution in [0.25, 0.3) is 16.9 Å². The first-order chi connectivity index (χ1) is 13.6. The zero-order chi connectivity index (χ0) is 19.5. The summed E-state index contributed by atoms with van der Waals surface area (Å²) in [6.07, 6.45) is 7.82. The molecule has 8 heteroatoms. The first-order valence-electron chi connectivity index (χ1n) is 9.23. The second-order valence-electron chi connectivity index (χ2n) is 6.95. The van der Waals surface area contributed by atoms with Crippen LogP contribution in [0.5, 0.6) is 5.75 Å². The van der Waals surface area contributed by atoms with Crippen LogP contribution in [0.3, 0.4) is 0 Å². The molecule has 1 aliphatic carbocycles. The van der Waals surface area contributed by atoms with E-state index in [1.54, 1.807) is 30.6 Å². The summed E-state index contributed by atoms with van der Waals surface area (Å²) in [4.78, 5) is 8.33. The Kier molecular flexibility index (Phi) is 5.54. The van der Waals surface area contributed by atoms with Crippen LogP contribution in [0, 0.1) is 11.7 Å². The SMILES string of the molecule is OC1CCC(COc2c(Cl)ncnc2-c2cnn(-c3ccccc3F)c2)CC1. The quantitative estimate of drug-likeness (QED) is 0.652. The fraction of sp³-hybridized carbons (Fsp3) is 0.350. The van der Waals surface area contributed by atoms with Crippen molar-refractivity contribution in [3.8, 4) is 22.7 Å². The molecule has 146 valence electrons. The number of benzene rings is 1. The second kappa shape index (κ2) is 8.24. The maximum absolute atomic E-state index is 14.0. The van der Waals surface area contributed by atoms with Crippen molar-refractivity contribution in [2.75, 3.05) is 6.61 Å². The number of rotatable bonds is 5. The van der Waals surface area contributed by atoms with Gasteiger partial charge in [0.1, 0.15) is 23.5 Å². The lowest BCUT2D eigenvalue weighted by atomic mass is 9.88. The van der Waals surface area contributed by atoms with E-state index < -0.39 is 0 Å². The van der Waals surface area contributed by atoms with E-state index in [4.69, 9.17) is 16.3 Å². The molecular formula is C20H20ClFN4O2. The van der Waals surface area contributed by atoms with Crippen LogP contribution in [0.2, 0.25) is 5.15 Å². The molecule has 0 atom stereocenters. The molecule has 6 nitrogen and oxygen atoms in total. The Bertz CT molecular complexity index is 957. The van der Waals surface area contributed by atoms with E-state index in [1.165, 1.54) is 17.1 Å². The third-order valence-electron chi connectivity index (χ3n) is 5.00. The summed E-state index contributed by atoms with van der Waals surface area (Å²) in [6, 6.07) is 6.41. The Balaban J connectivity index is 1.57. The molecular weight excluding hydrogens is 383 g/mol. The van der Waals surface area contributed by atoms with E-state index in [9.17, 15) is 9.50 Å². The summed E-state index contributed by atoms with van der Waals surface area (Å²) >= 11 is 6.27. The van der Waals surface area contributed by atoms with Crippen molar-refractivity contribution >= 4 is 11.6 Å². The minimum Gasteiger partial charge on any atom is -0.488 e. The topological polar surface area (TPSA) is 73.1 Å². The summed E-state index contributed by atoms with van der Waals surface area (Å²) in [5.41, 5.74) is 1.51. The molecule has 2 aromatic heterocycles. The highest BCUT2D eigenvalue weighted by Crippen LogP contribution is 2.34. The van der Waals surface area contributed by atoms with Crippen LogP contribution in [0.1, 0.15) is 25.7 Å². The molecule has 0 unspecified atom stereocenters. The maximum atomic E-state index is 14.0. The van der Waals surface area contributed by atoms with Crippen LogP contribution >= 0.6 is 11.6 Å². The maximum Gasteiger partial charge on any atom is 0.183 e. The monoisotopic (exact) mass is 402 g/mol. The predicted molar refractivity (Wildman–Crippen MR) is 103 cm³/mol. The molecule has 0 amide bonds. The third-order valence-corrected chi connectivity index (χ3v) is 5.26. The van der Waals surface area contributed by atoms with Crippen molar-refractivity contribution in [1.82, 2.24) is 19.7 Å². The number of aromatic nitrogens is 4. The molecule has 0 spiro atoms. The first-order valence-corrected chi connectivity index (χ1v) is 9.61. The fourth-order valence-corrected chi connectivity index (χ4v) is 3.60. The van der Waals surface area contributed by atoms with Gasteiger partial charge in [-0.2, -0.15) is 5.10 Å². The molecule has 0 aliphatic heterocycles. The van der Waals surface area contributed by atoms with Crippen LogP contribution in [-0.4, -0.2) is 37.6 Å². The van der Waals surface area contributed by atoms with Gasteiger partial charge in [0, 0.05) is 11.8 Å². The highest BCUT2D eigenvalue weighted by atomic mass is 35.5. The Labute approximate surface area is 167 Å². The van der Waals surface area contributed by atoms with Crippen molar-refractivity contribution in [1.29, 1.82) is 0 Å². The summed E-state index contributed by atoms with van der Waals surface area (Å²) in [5.74, 6) is 0.380. The van der Waals surface area contributed by atoms with Crippen molar-refractivity contribution in [3.05, 3.63) is 54.0 Å². The highest BCUT2D eigenvalue weighted by Gasteiger charge is 2.22.